The van der Waals surface area contributed by atoms with Gasteiger partial charge in [0, 0.05) is 25.7 Å². The van der Waals surface area contributed by atoms with Crippen molar-refractivity contribution < 1.29 is 9.53 Å². The predicted octanol–water partition coefficient (Wildman–Crippen LogP) is 3.33. The summed E-state index contributed by atoms with van der Waals surface area (Å²) >= 11 is 0. The predicted molar refractivity (Wildman–Crippen MR) is 107 cm³/mol. The summed E-state index contributed by atoms with van der Waals surface area (Å²) in [5.41, 5.74) is 4.15. The van der Waals surface area contributed by atoms with Crippen molar-refractivity contribution in [1.82, 2.24) is 10.2 Å². The molecule has 2 aliphatic rings. The maximum absolute atomic E-state index is 12.2. The normalized spacial score (nSPS) is 17.5. The number of likely N-dealkylation sites (tertiary alicyclic amines) is 1. The van der Waals surface area contributed by atoms with E-state index in [4.69, 9.17) is 4.74 Å². The molecule has 142 valence electrons. The van der Waals surface area contributed by atoms with E-state index >= 15 is 0 Å². The summed E-state index contributed by atoms with van der Waals surface area (Å²) in [4.78, 5) is 14.7. The minimum atomic E-state index is -0.0167. The lowest BCUT2D eigenvalue weighted by atomic mass is 10.0. The van der Waals surface area contributed by atoms with Crippen molar-refractivity contribution >= 4 is 5.91 Å². The van der Waals surface area contributed by atoms with Crippen LogP contribution in [0.2, 0.25) is 0 Å². The van der Waals surface area contributed by atoms with E-state index in [1.54, 1.807) is 0 Å². The summed E-state index contributed by atoms with van der Waals surface area (Å²) in [6.07, 6.45) is 5.51. The molecule has 4 heteroatoms. The molecule has 0 aromatic heterocycles. The third-order valence-corrected chi connectivity index (χ3v) is 5.64. The van der Waals surface area contributed by atoms with E-state index in [9.17, 15) is 4.79 Å². The first-order valence-electron chi connectivity index (χ1n) is 10.1. The Labute approximate surface area is 161 Å². The highest BCUT2D eigenvalue weighted by Gasteiger charge is 2.21. The molecule has 4 rings (SSSR count). The first kappa shape index (κ1) is 18.1. The fraction of sp³-hybridized carbons (Fsp3) is 0.435. The zero-order chi connectivity index (χ0) is 18.5. The van der Waals surface area contributed by atoms with Crippen LogP contribution >= 0.6 is 0 Å². The molecule has 27 heavy (non-hydrogen) atoms. The van der Waals surface area contributed by atoms with Crippen molar-refractivity contribution in [2.45, 2.75) is 44.7 Å². The number of hydrogen-bond acceptors (Lipinski definition) is 3. The zero-order valence-corrected chi connectivity index (χ0v) is 15.8. The highest BCUT2D eigenvalue weighted by molar-refractivity contribution is 5.77. The number of nitrogens with one attached hydrogen (secondary N) is 1. The highest BCUT2D eigenvalue weighted by Crippen LogP contribution is 2.26. The molecule has 1 aliphatic carbocycles. The summed E-state index contributed by atoms with van der Waals surface area (Å²) in [5, 5.41) is 3.14. The van der Waals surface area contributed by atoms with Gasteiger partial charge in [-0.2, -0.15) is 0 Å². The largest absolute Gasteiger partial charge is 0.484 e. The third kappa shape index (κ3) is 4.89. The number of nitrogens with zero attached hydrogens (tertiary/aromatic N) is 1. The van der Waals surface area contributed by atoms with Crippen molar-refractivity contribution in [3.8, 4) is 5.75 Å². The summed E-state index contributed by atoms with van der Waals surface area (Å²) in [6, 6.07) is 17.0. The van der Waals surface area contributed by atoms with Crippen molar-refractivity contribution in [2.75, 3.05) is 19.7 Å². The third-order valence-electron chi connectivity index (χ3n) is 5.64. The molecule has 2 aromatic rings. The molecule has 0 bridgehead atoms. The summed E-state index contributed by atoms with van der Waals surface area (Å²) < 4.78 is 5.71. The Hall–Kier alpha value is -2.33. The maximum atomic E-state index is 12.2. The van der Waals surface area contributed by atoms with E-state index in [1.165, 1.54) is 29.5 Å². The van der Waals surface area contributed by atoms with Crippen LogP contribution in [0.3, 0.4) is 0 Å². The van der Waals surface area contributed by atoms with Crippen molar-refractivity contribution in [3.63, 3.8) is 0 Å². The number of rotatable bonds is 6. The lowest BCUT2D eigenvalue weighted by Gasteiger charge is -2.32. The Morgan fingerprint density at radius 2 is 1.81 bits per heavy atom. The number of benzene rings is 2. The summed E-state index contributed by atoms with van der Waals surface area (Å²) in [6.45, 7) is 3.13. The van der Waals surface area contributed by atoms with Gasteiger partial charge in [0.2, 0.25) is 0 Å². The van der Waals surface area contributed by atoms with Crippen molar-refractivity contribution in [1.29, 1.82) is 0 Å². The SMILES string of the molecule is O=C(COc1ccc2c(c1)CCC2)NC1CCN(Cc2ccccc2)CC1. The van der Waals surface area contributed by atoms with E-state index in [2.05, 4.69) is 52.7 Å². The van der Waals surface area contributed by atoms with E-state index in [0.29, 0.717) is 0 Å². The fourth-order valence-electron chi connectivity index (χ4n) is 4.13. The van der Waals surface area contributed by atoms with Gasteiger partial charge in [-0.1, -0.05) is 36.4 Å². The summed E-state index contributed by atoms with van der Waals surface area (Å²) in [5.74, 6) is 0.792. The molecule has 0 spiro atoms. The highest BCUT2D eigenvalue weighted by atomic mass is 16.5. The second kappa shape index (κ2) is 8.57. The van der Waals surface area contributed by atoms with Gasteiger partial charge in [-0.05, 0) is 60.9 Å². The van der Waals surface area contributed by atoms with Crippen LogP contribution in [0, 0.1) is 0 Å². The Morgan fingerprint density at radius 1 is 1.04 bits per heavy atom. The quantitative estimate of drug-likeness (QED) is 0.855. The lowest BCUT2D eigenvalue weighted by Crippen LogP contribution is -2.45. The smallest absolute Gasteiger partial charge is 0.258 e. The Morgan fingerprint density at radius 3 is 2.63 bits per heavy atom. The lowest BCUT2D eigenvalue weighted by molar-refractivity contribution is -0.124. The number of amides is 1. The van der Waals surface area contributed by atoms with Crippen LogP contribution < -0.4 is 10.1 Å². The van der Waals surface area contributed by atoms with Gasteiger partial charge in [-0.25, -0.2) is 0 Å². The molecular weight excluding hydrogens is 336 g/mol. The number of fused-ring (bicyclic) bond motifs is 1. The fourth-order valence-corrected chi connectivity index (χ4v) is 4.13. The molecule has 1 saturated heterocycles. The first-order valence-corrected chi connectivity index (χ1v) is 10.1. The topological polar surface area (TPSA) is 41.6 Å². The summed E-state index contributed by atoms with van der Waals surface area (Å²) in [7, 11) is 0. The van der Waals surface area contributed by atoms with Crippen LogP contribution in [0.25, 0.3) is 0 Å². The molecule has 1 heterocycles. The van der Waals surface area contributed by atoms with Crippen LogP contribution in [0.4, 0.5) is 0 Å². The first-order chi connectivity index (χ1) is 13.3. The second-order valence-electron chi connectivity index (χ2n) is 7.68. The minimum Gasteiger partial charge on any atom is -0.484 e. The van der Waals surface area contributed by atoms with Gasteiger partial charge < -0.3 is 10.1 Å². The average molecular weight is 364 g/mol. The zero-order valence-electron chi connectivity index (χ0n) is 15.8. The van der Waals surface area contributed by atoms with Crippen LogP contribution in [-0.4, -0.2) is 36.5 Å². The Kier molecular flexibility index (Phi) is 5.73. The second-order valence-corrected chi connectivity index (χ2v) is 7.68. The molecule has 2 aromatic carbocycles. The van der Waals surface area contributed by atoms with Gasteiger partial charge in [-0.3, -0.25) is 9.69 Å². The van der Waals surface area contributed by atoms with Crippen molar-refractivity contribution in [2.24, 2.45) is 0 Å². The molecule has 1 fully saturated rings. The molecule has 1 amide bonds. The van der Waals surface area contributed by atoms with E-state index in [1.807, 2.05) is 6.07 Å². The average Bonchev–Trinajstić information content (AvgIpc) is 3.17. The van der Waals surface area contributed by atoms with E-state index in [-0.39, 0.29) is 18.6 Å². The van der Waals surface area contributed by atoms with Crippen LogP contribution in [0.5, 0.6) is 5.75 Å². The number of aryl methyl sites for hydroxylation is 2. The van der Waals surface area contributed by atoms with Gasteiger partial charge in [0.25, 0.3) is 5.91 Å². The molecule has 1 N–H and O–H groups in total. The van der Waals surface area contributed by atoms with Crippen LogP contribution in [-0.2, 0) is 24.2 Å². The molecule has 1 aliphatic heterocycles. The standard InChI is InChI=1S/C23H28N2O2/c26-23(17-27-22-10-9-19-7-4-8-20(19)15-22)24-21-11-13-25(14-12-21)16-18-5-2-1-3-6-18/h1-3,5-6,9-10,15,21H,4,7-8,11-14,16-17H2,(H,24,26). The number of hydrogen-bond donors (Lipinski definition) is 1. The van der Waals surface area contributed by atoms with Crippen LogP contribution in [0.15, 0.2) is 48.5 Å². The molecule has 0 radical (unpaired) electrons. The molecular formula is C23H28N2O2. The molecule has 0 atom stereocenters. The molecule has 0 unspecified atom stereocenters. The van der Waals surface area contributed by atoms with Crippen molar-refractivity contribution in [3.05, 3.63) is 65.2 Å². The van der Waals surface area contributed by atoms with Crippen LogP contribution in [0.1, 0.15) is 36.0 Å². The maximum Gasteiger partial charge on any atom is 0.258 e. The van der Waals surface area contributed by atoms with E-state index in [0.717, 1.165) is 44.6 Å². The van der Waals surface area contributed by atoms with Gasteiger partial charge in [0.15, 0.2) is 6.61 Å². The number of carbonyl (C=O) groups excluding carboxylic acids is 1. The molecule has 0 saturated carbocycles. The monoisotopic (exact) mass is 364 g/mol. The minimum absolute atomic E-state index is 0.0167. The van der Waals surface area contributed by atoms with Gasteiger partial charge >= 0.3 is 0 Å². The Bertz CT molecular complexity index is 767. The van der Waals surface area contributed by atoms with Gasteiger partial charge in [-0.15, -0.1) is 0 Å². The Balaban J connectivity index is 1.18. The number of carbonyl (C=O) groups is 1. The molecule has 4 nitrogen and oxygen atoms in total. The number of ether oxygens (including phenoxy) is 1. The van der Waals surface area contributed by atoms with Gasteiger partial charge in [0.1, 0.15) is 5.75 Å². The van der Waals surface area contributed by atoms with E-state index < -0.39 is 0 Å². The number of piperidine rings is 1. The van der Waals surface area contributed by atoms with Gasteiger partial charge in [0.05, 0.1) is 0 Å².